The summed E-state index contributed by atoms with van der Waals surface area (Å²) in [6.07, 6.45) is 0. The highest BCUT2D eigenvalue weighted by Gasteiger charge is 2.34. The highest BCUT2D eigenvalue weighted by Crippen LogP contribution is 2.32. The smallest absolute Gasteiger partial charge is 0.264 e. The lowest BCUT2D eigenvalue weighted by atomic mass is 10.1. The van der Waals surface area contributed by atoms with Crippen molar-refractivity contribution in [3.8, 4) is 5.75 Å². The van der Waals surface area contributed by atoms with Gasteiger partial charge >= 0.3 is 0 Å². The van der Waals surface area contributed by atoms with Gasteiger partial charge in [0.1, 0.15) is 24.2 Å². The van der Waals surface area contributed by atoms with E-state index in [0.717, 1.165) is 9.87 Å². The van der Waals surface area contributed by atoms with Crippen molar-refractivity contribution in [2.24, 2.45) is 5.92 Å². The summed E-state index contributed by atoms with van der Waals surface area (Å²) in [5.41, 5.74) is 1.22. The summed E-state index contributed by atoms with van der Waals surface area (Å²) in [7, 11) is -2.84. The zero-order chi connectivity index (χ0) is 29.4. The summed E-state index contributed by atoms with van der Waals surface area (Å²) in [4.78, 5) is 28.1. The number of nitrogens with one attached hydrogen (secondary N) is 1. The van der Waals surface area contributed by atoms with E-state index >= 15 is 0 Å². The molecule has 1 N–H and O–H groups in total. The van der Waals surface area contributed by atoms with Gasteiger partial charge in [-0.1, -0.05) is 61.9 Å². The summed E-state index contributed by atoms with van der Waals surface area (Å²) in [6, 6.07) is 17.7. The number of amides is 2. The lowest BCUT2D eigenvalue weighted by Gasteiger charge is -2.32. The summed E-state index contributed by atoms with van der Waals surface area (Å²) in [5, 5.41) is 2.80. The Morgan fingerprint density at radius 2 is 1.57 bits per heavy atom. The number of halogens is 1. The molecule has 0 radical (unpaired) electrons. The number of benzene rings is 3. The highest BCUT2D eigenvalue weighted by atomic mass is 32.2. The number of nitrogens with zero attached hydrogens (tertiary/aromatic N) is 2. The van der Waals surface area contributed by atoms with Crippen LogP contribution in [0.25, 0.3) is 0 Å². The summed E-state index contributed by atoms with van der Waals surface area (Å²) in [5.74, 6) is -1.23. The predicted molar refractivity (Wildman–Crippen MR) is 153 cm³/mol. The molecule has 0 heterocycles. The fraction of sp³-hybridized carbons (Fsp3) is 0.333. The number of carbonyl (C=O) groups is 2. The number of rotatable bonds is 12. The number of ether oxygens (including phenoxy) is 1. The van der Waals surface area contributed by atoms with Crippen LogP contribution in [0.2, 0.25) is 0 Å². The van der Waals surface area contributed by atoms with Crippen LogP contribution in [0.4, 0.5) is 10.1 Å². The first-order chi connectivity index (χ1) is 18.9. The summed E-state index contributed by atoms with van der Waals surface area (Å²) < 4.78 is 48.9. The van der Waals surface area contributed by atoms with Crippen molar-refractivity contribution in [3.63, 3.8) is 0 Å². The molecule has 1 atom stereocenters. The van der Waals surface area contributed by atoms with E-state index in [4.69, 9.17) is 4.74 Å². The van der Waals surface area contributed by atoms with Crippen LogP contribution in [0.3, 0.4) is 0 Å². The molecule has 40 heavy (non-hydrogen) atoms. The minimum Gasteiger partial charge on any atom is -0.495 e. The zero-order valence-electron chi connectivity index (χ0n) is 23.4. The number of methoxy groups -OCH3 is 1. The first-order valence-corrected chi connectivity index (χ1v) is 14.4. The number of aryl methyl sites for hydroxylation is 1. The number of para-hydroxylation sites is 2. The van der Waals surface area contributed by atoms with E-state index in [2.05, 4.69) is 5.32 Å². The second kappa shape index (κ2) is 13.4. The van der Waals surface area contributed by atoms with Crippen molar-refractivity contribution in [1.82, 2.24) is 10.2 Å². The molecule has 3 aromatic carbocycles. The fourth-order valence-electron chi connectivity index (χ4n) is 4.03. The predicted octanol–water partition coefficient (Wildman–Crippen LogP) is 4.53. The molecule has 0 aliphatic rings. The van der Waals surface area contributed by atoms with Crippen molar-refractivity contribution >= 4 is 27.5 Å². The second-order valence-corrected chi connectivity index (χ2v) is 11.8. The highest BCUT2D eigenvalue weighted by molar-refractivity contribution is 7.92. The molecule has 0 aromatic heterocycles. The van der Waals surface area contributed by atoms with Crippen molar-refractivity contribution in [3.05, 3.63) is 89.7 Å². The Balaban J connectivity index is 2.06. The van der Waals surface area contributed by atoms with Crippen molar-refractivity contribution in [1.29, 1.82) is 0 Å². The van der Waals surface area contributed by atoms with Crippen LogP contribution >= 0.6 is 0 Å². The molecule has 0 saturated carbocycles. The molecule has 0 saturated heterocycles. The Morgan fingerprint density at radius 3 is 2.20 bits per heavy atom. The maximum atomic E-state index is 14.6. The first-order valence-electron chi connectivity index (χ1n) is 13.0. The largest absolute Gasteiger partial charge is 0.495 e. The molecule has 0 aliphatic carbocycles. The van der Waals surface area contributed by atoms with Gasteiger partial charge in [0.2, 0.25) is 11.8 Å². The monoisotopic (exact) mass is 569 g/mol. The summed E-state index contributed by atoms with van der Waals surface area (Å²) in [6.45, 7) is 6.77. The normalized spacial score (nSPS) is 12.1. The fourth-order valence-corrected chi connectivity index (χ4v) is 5.46. The molecule has 0 spiro atoms. The average molecular weight is 570 g/mol. The molecule has 0 unspecified atom stereocenters. The second-order valence-electron chi connectivity index (χ2n) is 9.92. The van der Waals surface area contributed by atoms with Crippen LogP contribution in [-0.4, -0.2) is 51.4 Å². The van der Waals surface area contributed by atoms with Gasteiger partial charge in [0.15, 0.2) is 0 Å². The van der Waals surface area contributed by atoms with Crippen molar-refractivity contribution in [2.45, 2.75) is 45.2 Å². The van der Waals surface area contributed by atoms with E-state index in [1.807, 2.05) is 20.8 Å². The molecular weight excluding hydrogens is 533 g/mol. The van der Waals surface area contributed by atoms with E-state index in [1.54, 1.807) is 36.4 Å². The lowest BCUT2D eigenvalue weighted by molar-refractivity contribution is -0.139. The van der Waals surface area contributed by atoms with E-state index < -0.39 is 40.2 Å². The molecule has 0 bridgehead atoms. The Hall–Kier alpha value is -3.92. The molecule has 214 valence electrons. The molecule has 3 aromatic rings. The van der Waals surface area contributed by atoms with Gasteiger partial charge in [-0.15, -0.1) is 0 Å². The van der Waals surface area contributed by atoms with Crippen molar-refractivity contribution in [2.75, 3.05) is 24.5 Å². The molecular formula is C30H36FN3O5S. The number of hydrogen-bond donors (Lipinski definition) is 1. The van der Waals surface area contributed by atoms with Gasteiger partial charge in [0.05, 0.1) is 17.7 Å². The van der Waals surface area contributed by atoms with Gasteiger partial charge in [-0.25, -0.2) is 12.8 Å². The zero-order valence-corrected chi connectivity index (χ0v) is 24.2. The van der Waals surface area contributed by atoms with Gasteiger partial charge in [-0.2, -0.15) is 0 Å². The Morgan fingerprint density at radius 1 is 0.950 bits per heavy atom. The Labute approximate surface area is 235 Å². The molecule has 0 fully saturated rings. The molecule has 8 nitrogen and oxygen atoms in total. The SMILES string of the molecule is COc1ccccc1N(CC(=O)N(Cc1ccccc1F)[C@H](C)C(=O)NCC(C)C)S(=O)(=O)c1ccc(C)cc1. The molecule has 2 amide bonds. The number of sulfonamides is 1. The Bertz CT molecular complexity index is 1430. The van der Waals surface area contributed by atoms with Crippen LogP contribution in [0.5, 0.6) is 5.75 Å². The minimum absolute atomic E-state index is 0.0137. The number of carbonyl (C=O) groups excluding carboxylic acids is 2. The van der Waals surface area contributed by atoms with Gasteiger partial charge in [-0.05, 0) is 50.1 Å². The number of hydrogen-bond acceptors (Lipinski definition) is 5. The Kier molecular flexibility index (Phi) is 10.3. The van der Waals surface area contributed by atoms with E-state index in [0.29, 0.717) is 6.54 Å². The standard InChI is InChI=1S/C30H36FN3O5S/c1-21(2)18-32-30(36)23(4)33(19-24-10-6-7-11-26(24)31)29(35)20-34(27-12-8-9-13-28(27)39-5)40(37,38)25-16-14-22(3)15-17-25/h6-17,21,23H,18-20H2,1-5H3,(H,32,36)/t23-/m1/s1. The minimum atomic E-state index is -4.25. The van der Waals surface area contributed by atoms with Crippen molar-refractivity contribution < 1.29 is 27.1 Å². The van der Waals surface area contributed by atoms with Crippen LogP contribution in [0.15, 0.2) is 77.7 Å². The van der Waals surface area contributed by atoms with Crippen LogP contribution in [0.1, 0.15) is 31.9 Å². The quantitative estimate of drug-likeness (QED) is 0.346. The van der Waals surface area contributed by atoms with Crippen LogP contribution in [0, 0.1) is 18.7 Å². The van der Waals surface area contributed by atoms with Gasteiger partial charge in [-0.3, -0.25) is 13.9 Å². The molecule has 10 heteroatoms. The van der Waals surface area contributed by atoms with Gasteiger partial charge in [0, 0.05) is 18.7 Å². The van der Waals surface area contributed by atoms with Gasteiger partial charge in [0.25, 0.3) is 10.0 Å². The topological polar surface area (TPSA) is 96.0 Å². The van der Waals surface area contributed by atoms with E-state index in [9.17, 15) is 22.4 Å². The lowest BCUT2D eigenvalue weighted by Crippen LogP contribution is -2.51. The maximum absolute atomic E-state index is 14.6. The third-order valence-corrected chi connectivity index (χ3v) is 8.17. The number of anilines is 1. The average Bonchev–Trinajstić information content (AvgIpc) is 2.93. The molecule has 3 rings (SSSR count). The molecule has 0 aliphatic heterocycles. The first kappa shape index (κ1) is 30.6. The maximum Gasteiger partial charge on any atom is 0.264 e. The van der Waals surface area contributed by atoms with Crippen LogP contribution in [-0.2, 0) is 26.2 Å². The summed E-state index contributed by atoms with van der Waals surface area (Å²) >= 11 is 0. The van der Waals surface area contributed by atoms with Gasteiger partial charge < -0.3 is 15.0 Å². The third kappa shape index (κ3) is 7.38. The van der Waals surface area contributed by atoms with Crippen LogP contribution < -0.4 is 14.4 Å². The third-order valence-electron chi connectivity index (χ3n) is 6.39. The van der Waals surface area contributed by atoms with E-state index in [1.165, 1.54) is 55.3 Å². The van der Waals surface area contributed by atoms with E-state index in [-0.39, 0.29) is 34.4 Å².